The van der Waals surface area contributed by atoms with E-state index in [1.165, 1.54) is 11.1 Å². The summed E-state index contributed by atoms with van der Waals surface area (Å²) in [7, 11) is 0. The Kier molecular flexibility index (Phi) is 4.15. The highest BCUT2D eigenvalue weighted by Crippen LogP contribution is 2.05. The Bertz CT molecular complexity index is 261. The summed E-state index contributed by atoms with van der Waals surface area (Å²) < 4.78 is 0. The minimum atomic E-state index is 0.580. The monoisotopic (exact) mass is 191 g/mol. The van der Waals surface area contributed by atoms with Gasteiger partial charge in [-0.05, 0) is 25.3 Å². The van der Waals surface area contributed by atoms with Crippen LogP contribution in [0.5, 0.6) is 0 Å². The first kappa shape index (κ1) is 11.3. The molecule has 1 N–H and O–H groups in total. The molecule has 0 aliphatic rings. The standard InChI is InChI=1S/C13H21N/c1-10(2)12(4)14-9-13-7-5-11(3)6-8-13/h5-8,10,12,14H,9H2,1-4H3. The zero-order valence-electron chi connectivity index (χ0n) is 9.67. The van der Waals surface area contributed by atoms with Gasteiger partial charge in [-0.1, -0.05) is 43.7 Å². The van der Waals surface area contributed by atoms with Gasteiger partial charge in [0.25, 0.3) is 0 Å². The molecule has 0 spiro atoms. The van der Waals surface area contributed by atoms with E-state index >= 15 is 0 Å². The van der Waals surface area contributed by atoms with Crippen LogP contribution in [0.2, 0.25) is 0 Å². The Labute approximate surface area is 87.5 Å². The van der Waals surface area contributed by atoms with E-state index < -0.39 is 0 Å². The van der Waals surface area contributed by atoms with Gasteiger partial charge in [0.05, 0.1) is 0 Å². The highest BCUT2D eigenvalue weighted by atomic mass is 14.9. The molecule has 1 atom stereocenters. The van der Waals surface area contributed by atoms with Crippen LogP contribution in [0.1, 0.15) is 31.9 Å². The van der Waals surface area contributed by atoms with E-state index in [2.05, 4.69) is 57.3 Å². The third kappa shape index (κ3) is 3.51. The topological polar surface area (TPSA) is 12.0 Å². The summed E-state index contributed by atoms with van der Waals surface area (Å²) in [5, 5.41) is 3.52. The average Bonchev–Trinajstić information content (AvgIpc) is 2.16. The zero-order valence-corrected chi connectivity index (χ0v) is 9.67. The fourth-order valence-corrected chi connectivity index (χ4v) is 1.22. The number of benzene rings is 1. The first-order valence-electron chi connectivity index (χ1n) is 5.38. The van der Waals surface area contributed by atoms with Crippen molar-refractivity contribution in [3.8, 4) is 0 Å². The molecule has 78 valence electrons. The second-order valence-corrected chi connectivity index (χ2v) is 4.40. The predicted octanol–water partition coefficient (Wildman–Crippen LogP) is 3.13. The van der Waals surface area contributed by atoms with Gasteiger partial charge in [0.15, 0.2) is 0 Å². The molecule has 0 amide bonds. The van der Waals surface area contributed by atoms with Crippen LogP contribution in [0.4, 0.5) is 0 Å². The molecule has 0 aliphatic heterocycles. The minimum absolute atomic E-state index is 0.580. The maximum Gasteiger partial charge on any atom is 0.0208 e. The van der Waals surface area contributed by atoms with Gasteiger partial charge in [-0.3, -0.25) is 0 Å². The van der Waals surface area contributed by atoms with Crippen molar-refractivity contribution in [3.63, 3.8) is 0 Å². The molecule has 0 bridgehead atoms. The molecule has 0 radical (unpaired) electrons. The molecule has 0 aliphatic carbocycles. The SMILES string of the molecule is Cc1ccc(CNC(C)C(C)C)cc1. The summed E-state index contributed by atoms with van der Waals surface area (Å²) in [6.45, 7) is 9.81. The molecule has 0 heterocycles. The summed E-state index contributed by atoms with van der Waals surface area (Å²) in [6, 6.07) is 9.29. The average molecular weight is 191 g/mol. The van der Waals surface area contributed by atoms with E-state index in [4.69, 9.17) is 0 Å². The molecular formula is C13H21N. The maximum absolute atomic E-state index is 3.52. The number of hydrogen-bond donors (Lipinski definition) is 1. The van der Waals surface area contributed by atoms with Crippen molar-refractivity contribution < 1.29 is 0 Å². The molecule has 1 aromatic rings. The Morgan fingerprint density at radius 2 is 1.64 bits per heavy atom. The van der Waals surface area contributed by atoms with Crippen molar-refractivity contribution in [2.75, 3.05) is 0 Å². The second kappa shape index (κ2) is 5.16. The molecule has 0 saturated carbocycles. The van der Waals surface area contributed by atoms with Crippen LogP contribution >= 0.6 is 0 Å². The highest BCUT2D eigenvalue weighted by molar-refractivity contribution is 5.21. The zero-order chi connectivity index (χ0) is 10.6. The first-order valence-corrected chi connectivity index (χ1v) is 5.38. The van der Waals surface area contributed by atoms with Gasteiger partial charge in [0.1, 0.15) is 0 Å². The lowest BCUT2D eigenvalue weighted by molar-refractivity contribution is 0.426. The molecule has 1 aromatic carbocycles. The lowest BCUT2D eigenvalue weighted by atomic mass is 10.1. The van der Waals surface area contributed by atoms with E-state index in [0.29, 0.717) is 12.0 Å². The van der Waals surface area contributed by atoms with Crippen molar-refractivity contribution in [2.24, 2.45) is 5.92 Å². The summed E-state index contributed by atoms with van der Waals surface area (Å²) >= 11 is 0. The van der Waals surface area contributed by atoms with E-state index in [1.54, 1.807) is 0 Å². The van der Waals surface area contributed by atoms with Crippen molar-refractivity contribution in [2.45, 2.75) is 40.3 Å². The van der Waals surface area contributed by atoms with Gasteiger partial charge >= 0.3 is 0 Å². The van der Waals surface area contributed by atoms with E-state index in [9.17, 15) is 0 Å². The molecule has 14 heavy (non-hydrogen) atoms. The summed E-state index contributed by atoms with van der Waals surface area (Å²) in [6.07, 6.45) is 0. The van der Waals surface area contributed by atoms with Crippen molar-refractivity contribution in [3.05, 3.63) is 35.4 Å². The highest BCUT2D eigenvalue weighted by Gasteiger charge is 2.05. The van der Waals surface area contributed by atoms with Crippen LogP contribution in [0, 0.1) is 12.8 Å². The van der Waals surface area contributed by atoms with Crippen LogP contribution in [0.15, 0.2) is 24.3 Å². The van der Waals surface area contributed by atoms with Crippen LogP contribution in [-0.4, -0.2) is 6.04 Å². The van der Waals surface area contributed by atoms with Crippen LogP contribution in [-0.2, 0) is 6.54 Å². The summed E-state index contributed by atoms with van der Waals surface area (Å²) in [5.74, 6) is 0.695. The number of hydrogen-bond acceptors (Lipinski definition) is 1. The molecule has 0 aromatic heterocycles. The van der Waals surface area contributed by atoms with Gasteiger partial charge in [-0.15, -0.1) is 0 Å². The first-order chi connectivity index (χ1) is 6.59. The van der Waals surface area contributed by atoms with Crippen molar-refractivity contribution in [1.29, 1.82) is 0 Å². The third-order valence-electron chi connectivity index (χ3n) is 2.75. The van der Waals surface area contributed by atoms with Crippen LogP contribution in [0.3, 0.4) is 0 Å². The Morgan fingerprint density at radius 1 is 1.07 bits per heavy atom. The molecular weight excluding hydrogens is 170 g/mol. The third-order valence-corrected chi connectivity index (χ3v) is 2.75. The number of rotatable bonds is 4. The molecule has 1 nitrogen and oxygen atoms in total. The summed E-state index contributed by atoms with van der Waals surface area (Å²) in [4.78, 5) is 0. The van der Waals surface area contributed by atoms with Gasteiger partial charge in [0.2, 0.25) is 0 Å². The molecule has 1 rings (SSSR count). The Morgan fingerprint density at radius 3 is 2.14 bits per heavy atom. The minimum Gasteiger partial charge on any atom is -0.310 e. The predicted molar refractivity (Wildman–Crippen MR) is 62.3 cm³/mol. The maximum atomic E-state index is 3.52. The number of aryl methyl sites for hydroxylation is 1. The van der Waals surface area contributed by atoms with Gasteiger partial charge in [-0.25, -0.2) is 0 Å². The fourth-order valence-electron chi connectivity index (χ4n) is 1.22. The number of nitrogens with one attached hydrogen (secondary N) is 1. The molecule has 0 saturated heterocycles. The molecule has 1 heteroatoms. The van der Waals surface area contributed by atoms with E-state index in [1.807, 2.05) is 0 Å². The van der Waals surface area contributed by atoms with Crippen LogP contribution in [0.25, 0.3) is 0 Å². The Hall–Kier alpha value is -0.820. The van der Waals surface area contributed by atoms with Crippen molar-refractivity contribution in [1.82, 2.24) is 5.32 Å². The van der Waals surface area contributed by atoms with Gasteiger partial charge in [0, 0.05) is 12.6 Å². The second-order valence-electron chi connectivity index (χ2n) is 4.40. The largest absolute Gasteiger partial charge is 0.310 e. The molecule has 0 fully saturated rings. The van der Waals surface area contributed by atoms with E-state index in [-0.39, 0.29) is 0 Å². The van der Waals surface area contributed by atoms with Gasteiger partial charge in [-0.2, -0.15) is 0 Å². The smallest absolute Gasteiger partial charge is 0.0208 e. The molecule has 1 unspecified atom stereocenters. The quantitative estimate of drug-likeness (QED) is 0.771. The van der Waals surface area contributed by atoms with Gasteiger partial charge < -0.3 is 5.32 Å². The summed E-state index contributed by atoms with van der Waals surface area (Å²) in [5.41, 5.74) is 2.69. The normalized spacial score (nSPS) is 13.2. The van der Waals surface area contributed by atoms with Crippen LogP contribution < -0.4 is 5.32 Å². The van der Waals surface area contributed by atoms with Crippen molar-refractivity contribution >= 4 is 0 Å². The lowest BCUT2D eigenvalue weighted by Gasteiger charge is -2.17. The van der Waals surface area contributed by atoms with E-state index in [0.717, 1.165) is 6.54 Å². The Balaban J connectivity index is 2.42. The lowest BCUT2D eigenvalue weighted by Crippen LogP contribution is -2.30. The fraction of sp³-hybridized carbons (Fsp3) is 0.538.